The Labute approximate surface area is 90.0 Å². The first-order valence-electron chi connectivity index (χ1n) is 4.42. The van der Waals surface area contributed by atoms with E-state index >= 15 is 0 Å². The van der Waals surface area contributed by atoms with Gasteiger partial charge in [0.15, 0.2) is 0 Å². The van der Waals surface area contributed by atoms with E-state index in [2.05, 4.69) is 10.2 Å². The lowest BCUT2D eigenvalue weighted by Crippen LogP contribution is -1.90. The summed E-state index contributed by atoms with van der Waals surface area (Å²) < 4.78 is 5.02. The lowest BCUT2D eigenvalue weighted by atomic mass is 10.1. The number of anilines is 1. The third-order valence-corrected chi connectivity index (χ3v) is 2.10. The molecule has 7 heteroatoms. The SMILES string of the molecule is Cc1ccc([N+](=O)[O-])cc1-c1nnc(N)o1. The first-order valence-corrected chi connectivity index (χ1v) is 4.42. The highest BCUT2D eigenvalue weighted by Crippen LogP contribution is 2.26. The molecule has 7 nitrogen and oxygen atoms in total. The van der Waals surface area contributed by atoms with Gasteiger partial charge in [0.25, 0.3) is 5.69 Å². The summed E-state index contributed by atoms with van der Waals surface area (Å²) in [5.41, 5.74) is 6.57. The standard InChI is InChI=1S/C9H8N4O3/c1-5-2-3-6(13(14)15)4-7(5)8-11-12-9(10)16-8/h2-4H,1H3,(H2,10,12). The van der Waals surface area contributed by atoms with E-state index in [-0.39, 0.29) is 17.6 Å². The molecule has 1 aromatic heterocycles. The number of hydrogen-bond acceptors (Lipinski definition) is 6. The van der Waals surface area contributed by atoms with E-state index in [4.69, 9.17) is 10.2 Å². The number of nitro groups is 1. The lowest BCUT2D eigenvalue weighted by Gasteiger charge is -1.99. The molecule has 2 rings (SSSR count). The molecule has 0 aliphatic heterocycles. The van der Waals surface area contributed by atoms with Gasteiger partial charge in [-0.3, -0.25) is 10.1 Å². The quantitative estimate of drug-likeness (QED) is 0.607. The van der Waals surface area contributed by atoms with E-state index in [1.54, 1.807) is 13.0 Å². The van der Waals surface area contributed by atoms with Crippen LogP contribution in [0.1, 0.15) is 5.56 Å². The second-order valence-corrected chi connectivity index (χ2v) is 3.20. The van der Waals surface area contributed by atoms with Gasteiger partial charge in [-0.2, -0.15) is 0 Å². The van der Waals surface area contributed by atoms with Crippen LogP contribution < -0.4 is 5.73 Å². The maximum Gasteiger partial charge on any atom is 0.313 e. The summed E-state index contributed by atoms with van der Waals surface area (Å²) in [7, 11) is 0. The fourth-order valence-corrected chi connectivity index (χ4v) is 1.30. The number of nitrogen functional groups attached to an aromatic ring is 1. The Kier molecular flexibility index (Phi) is 2.28. The van der Waals surface area contributed by atoms with E-state index in [9.17, 15) is 10.1 Å². The molecule has 0 fully saturated rings. The summed E-state index contributed by atoms with van der Waals surface area (Å²) in [6.07, 6.45) is 0. The number of nitro benzene ring substituents is 1. The molecular formula is C9H8N4O3. The van der Waals surface area contributed by atoms with Crippen LogP contribution in [0, 0.1) is 17.0 Å². The van der Waals surface area contributed by atoms with Crippen LogP contribution in [0.25, 0.3) is 11.5 Å². The molecule has 2 N–H and O–H groups in total. The van der Waals surface area contributed by atoms with E-state index < -0.39 is 4.92 Å². The molecule has 0 unspecified atom stereocenters. The molecule has 0 bridgehead atoms. The summed E-state index contributed by atoms with van der Waals surface area (Å²) in [6, 6.07) is 4.34. The number of nitrogens with zero attached hydrogens (tertiary/aromatic N) is 3. The van der Waals surface area contributed by atoms with Crippen molar-refractivity contribution >= 4 is 11.7 Å². The number of aromatic nitrogens is 2. The van der Waals surface area contributed by atoms with Gasteiger partial charge < -0.3 is 10.2 Å². The molecule has 2 aromatic rings. The van der Waals surface area contributed by atoms with Gasteiger partial charge in [-0.25, -0.2) is 0 Å². The minimum atomic E-state index is -0.483. The minimum absolute atomic E-state index is 0.0302. The maximum absolute atomic E-state index is 10.6. The first-order chi connectivity index (χ1) is 7.58. The van der Waals surface area contributed by atoms with Gasteiger partial charge in [-0.05, 0) is 12.5 Å². The number of rotatable bonds is 2. The van der Waals surface area contributed by atoms with Gasteiger partial charge in [-0.15, -0.1) is 5.10 Å². The summed E-state index contributed by atoms with van der Waals surface area (Å²) in [6.45, 7) is 1.79. The van der Waals surface area contributed by atoms with Gasteiger partial charge >= 0.3 is 6.01 Å². The van der Waals surface area contributed by atoms with Crippen molar-refractivity contribution in [3.05, 3.63) is 33.9 Å². The summed E-state index contributed by atoms with van der Waals surface area (Å²) in [4.78, 5) is 10.1. The molecule has 0 spiro atoms. The lowest BCUT2D eigenvalue weighted by molar-refractivity contribution is -0.384. The topological polar surface area (TPSA) is 108 Å². The van der Waals surface area contributed by atoms with Crippen LogP contribution in [-0.2, 0) is 0 Å². The van der Waals surface area contributed by atoms with Gasteiger partial charge in [0.2, 0.25) is 5.89 Å². The van der Waals surface area contributed by atoms with Gasteiger partial charge in [-0.1, -0.05) is 11.2 Å². The van der Waals surface area contributed by atoms with E-state index in [0.29, 0.717) is 5.56 Å². The van der Waals surface area contributed by atoms with Crippen LogP contribution in [-0.4, -0.2) is 15.1 Å². The average molecular weight is 220 g/mol. The molecular weight excluding hydrogens is 212 g/mol. The van der Waals surface area contributed by atoms with Crippen LogP contribution in [0.3, 0.4) is 0 Å². The van der Waals surface area contributed by atoms with Gasteiger partial charge in [0.1, 0.15) is 0 Å². The molecule has 0 saturated carbocycles. The largest absolute Gasteiger partial charge is 0.404 e. The molecule has 0 aliphatic rings. The molecule has 0 saturated heterocycles. The first kappa shape index (κ1) is 10.1. The van der Waals surface area contributed by atoms with Crippen LogP contribution in [0.4, 0.5) is 11.7 Å². The van der Waals surface area contributed by atoms with Crippen molar-refractivity contribution in [2.45, 2.75) is 6.92 Å². The average Bonchev–Trinajstić information content (AvgIpc) is 2.65. The molecule has 0 amide bonds. The zero-order valence-electron chi connectivity index (χ0n) is 8.38. The van der Waals surface area contributed by atoms with E-state index in [1.165, 1.54) is 12.1 Å². The Morgan fingerprint density at radius 3 is 2.75 bits per heavy atom. The summed E-state index contributed by atoms with van der Waals surface area (Å²) in [5, 5.41) is 17.8. The highest BCUT2D eigenvalue weighted by molar-refractivity contribution is 5.62. The van der Waals surface area contributed by atoms with Crippen LogP contribution >= 0.6 is 0 Å². The molecule has 82 valence electrons. The molecule has 1 aromatic carbocycles. The third kappa shape index (κ3) is 1.70. The Bertz CT molecular complexity index is 549. The predicted octanol–water partition coefficient (Wildman–Crippen LogP) is 1.54. The summed E-state index contributed by atoms with van der Waals surface area (Å²) >= 11 is 0. The minimum Gasteiger partial charge on any atom is -0.404 e. The van der Waals surface area contributed by atoms with Crippen LogP contribution in [0.15, 0.2) is 22.6 Å². The Morgan fingerprint density at radius 2 is 2.19 bits per heavy atom. The third-order valence-electron chi connectivity index (χ3n) is 2.10. The number of hydrogen-bond donors (Lipinski definition) is 1. The molecule has 0 atom stereocenters. The number of nitrogens with two attached hydrogens (primary N) is 1. The van der Waals surface area contributed by atoms with Crippen molar-refractivity contribution in [2.24, 2.45) is 0 Å². The Morgan fingerprint density at radius 1 is 1.44 bits per heavy atom. The zero-order chi connectivity index (χ0) is 11.7. The predicted molar refractivity (Wildman–Crippen MR) is 55.5 cm³/mol. The Balaban J connectivity index is 2.55. The maximum atomic E-state index is 10.6. The highest BCUT2D eigenvalue weighted by Gasteiger charge is 2.14. The van der Waals surface area contributed by atoms with Gasteiger partial charge in [0, 0.05) is 17.7 Å². The highest BCUT2D eigenvalue weighted by atomic mass is 16.6. The molecule has 0 radical (unpaired) electrons. The number of non-ortho nitro benzene ring substituents is 1. The second-order valence-electron chi connectivity index (χ2n) is 3.20. The summed E-state index contributed by atoms with van der Waals surface area (Å²) in [5.74, 6) is 0.179. The molecule has 16 heavy (non-hydrogen) atoms. The number of aryl methyl sites for hydroxylation is 1. The van der Waals surface area contributed by atoms with Crippen LogP contribution in [0.2, 0.25) is 0 Å². The smallest absolute Gasteiger partial charge is 0.313 e. The normalized spacial score (nSPS) is 10.3. The second kappa shape index (κ2) is 3.61. The van der Waals surface area contributed by atoms with Crippen molar-refractivity contribution in [2.75, 3.05) is 5.73 Å². The number of benzene rings is 1. The van der Waals surface area contributed by atoms with Crippen molar-refractivity contribution in [1.82, 2.24) is 10.2 Å². The molecule has 0 aliphatic carbocycles. The van der Waals surface area contributed by atoms with Crippen molar-refractivity contribution in [3.63, 3.8) is 0 Å². The van der Waals surface area contributed by atoms with Crippen LogP contribution in [0.5, 0.6) is 0 Å². The van der Waals surface area contributed by atoms with Crippen molar-refractivity contribution in [3.8, 4) is 11.5 Å². The molecule has 1 heterocycles. The fourth-order valence-electron chi connectivity index (χ4n) is 1.30. The Hall–Kier alpha value is -2.44. The fraction of sp³-hybridized carbons (Fsp3) is 0.111. The zero-order valence-corrected chi connectivity index (χ0v) is 8.38. The van der Waals surface area contributed by atoms with Crippen molar-refractivity contribution < 1.29 is 9.34 Å². The van der Waals surface area contributed by atoms with E-state index in [0.717, 1.165) is 5.56 Å². The van der Waals surface area contributed by atoms with Gasteiger partial charge in [0.05, 0.1) is 4.92 Å². The van der Waals surface area contributed by atoms with Crippen molar-refractivity contribution in [1.29, 1.82) is 0 Å². The monoisotopic (exact) mass is 220 g/mol. The van der Waals surface area contributed by atoms with E-state index in [1.807, 2.05) is 0 Å².